The normalized spacial score (nSPS) is 28.5. The maximum atomic E-state index is 14.5. The zero-order valence-corrected chi connectivity index (χ0v) is 25.1. The first-order valence-corrected chi connectivity index (χ1v) is 15.9. The number of hydrogen-bond donors (Lipinski definition) is 0. The molecule has 3 unspecified atom stereocenters. The molecule has 5 atom stereocenters. The van der Waals surface area contributed by atoms with E-state index in [9.17, 15) is 13.6 Å². The van der Waals surface area contributed by atoms with Crippen LogP contribution in [0.3, 0.4) is 0 Å². The number of piperazine rings is 1. The molecule has 0 spiro atoms. The Morgan fingerprint density at radius 1 is 1.16 bits per heavy atom. The SMILES string of the molecule is [C-]#[N+]C[C@H]1CN(c2nc(OCC34CCCN3C[C@H](F)C4)nc3nc(-c4cccc5c4C4CC4C5)ccc23)CCN1C(=O)C(=C)F. The van der Waals surface area contributed by atoms with Crippen LogP contribution in [-0.4, -0.2) is 94.3 Å². The monoisotopic (exact) mass is 611 g/mol. The number of alkyl halides is 1. The molecule has 1 aromatic carbocycles. The molecule has 0 radical (unpaired) electrons. The molecule has 5 heterocycles. The molecule has 0 N–H and O–H groups in total. The Kier molecular flexibility index (Phi) is 6.75. The van der Waals surface area contributed by atoms with Gasteiger partial charge in [0.2, 0.25) is 6.54 Å². The van der Waals surface area contributed by atoms with Crippen LogP contribution in [0.5, 0.6) is 6.01 Å². The number of carbonyl (C=O) groups excluding carboxylic acids is 1. The van der Waals surface area contributed by atoms with E-state index >= 15 is 0 Å². The van der Waals surface area contributed by atoms with Crippen molar-refractivity contribution in [3.8, 4) is 17.3 Å². The largest absolute Gasteiger partial charge is 0.461 e. The number of fused-ring (bicyclic) bond motifs is 5. The lowest BCUT2D eigenvalue weighted by molar-refractivity contribution is -0.131. The molecule has 2 aliphatic carbocycles. The highest BCUT2D eigenvalue weighted by Crippen LogP contribution is 2.58. The number of anilines is 1. The highest BCUT2D eigenvalue weighted by Gasteiger charge is 2.50. The lowest BCUT2D eigenvalue weighted by Gasteiger charge is -2.39. The van der Waals surface area contributed by atoms with E-state index in [0.717, 1.165) is 48.4 Å². The van der Waals surface area contributed by atoms with Gasteiger partial charge in [-0.2, -0.15) is 9.97 Å². The minimum Gasteiger partial charge on any atom is -0.461 e. The highest BCUT2D eigenvalue weighted by atomic mass is 19.1. The van der Waals surface area contributed by atoms with E-state index < -0.39 is 23.9 Å². The standard InChI is InChI=1S/C34H35F2N7O2/c1-20(35)32(44)43-12-11-41(18-24(43)16-37-2)31-26-7-8-28(25-6-3-5-21-13-22-14-27(22)29(21)25)38-30(26)39-33(40-31)45-19-34-9-4-10-42(34)17-23(36)15-34/h3,5-8,22-24,27H,1,4,9-19H2/t22?,23-,24+,27?,34?/m1/s1. The topological polar surface area (TPSA) is 79.1 Å². The molecule has 232 valence electrons. The maximum Gasteiger partial charge on any atom is 0.320 e. The number of amides is 1. The van der Waals surface area contributed by atoms with Gasteiger partial charge in [0, 0.05) is 38.2 Å². The predicted molar refractivity (Wildman–Crippen MR) is 165 cm³/mol. The highest BCUT2D eigenvalue weighted by molar-refractivity contribution is 5.92. The Bertz CT molecular complexity index is 1760. The van der Waals surface area contributed by atoms with Gasteiger partial charge < -0.3 is 19.4 Å². The molecule has 0 bridgehead atoms. The van der Waals surface area contributed by atoms with Crippen LogP contribution < -0.4 is 9.64 Å². The second-order valence-electron chi connectivity index (χ2n) is 13.3. The average molecular weight is 612 g/mol. The summed E-state index contributed by atoms with van der Waals surface area (Å²) in [6.45, 7) is 13.1. The number of benzene rings is 1. The molecule has 9 nitrogen and oxygen atoms in total. The van der Waals surface area contributed by atoms with Crippen LogP contribution in [0.15, 0.2) is 42.7 Å². The molecule has 1 amide bonds. The van der Waals surface area contributed by atoms with E-state index in [0.29, 0.717) is 36.9 Å². The Morgan fingerprint density at radius 3 is 2.89 bits per heavy atom. The third-order valence-corrected chi connectivity index (χ3v) is 10.6. The van der Waals surface area contributed by atoms with Crippen LogP contribution in [0.1, 0.15) is 42.7 Å². The summed E-state index contributed by atoms with van der Waals surface area (Å²) in [5, 5.41) is 0.726. The molecule has 11 heteroatoms. The molecule has 8 rings (SSSR count). The van der Waals surface area contributed by atoms with Crippen molar-refractivity contribution in [1.29, 1.82) is 0 Å². The van der Waals surface area contributed by atoms with Crippen molar-refractivity contribution in [3.63, 3.8) is 0 Å². The maximum absolute atomic E-state index is 14.5. The molecule has 45 heavy (non-hydrogen) atoms. The molecule has 3 aromatic rings. The Morgan fingerprint density at radius 2 is 2.04 bits per heavy atom. The van der Waals surface area contributed by atoms with Gasteiger partial charge in [0.25, 0.3) is 5.91 Å². The third-order valence-electron chi connectivity index (χ3n) is 10.6. The van der Waals surface area contributed by atoms with E-state index in [4.69, 9.17) is 26.3 Å². The van der Waals surface area contributed by atoms with Gasteiger partial charge in [-0.1, -0.05) is 24.8 Å². The fraction of sp³-hybridized carbons (Fsp3) is 0.500. The van der Waals surface area contributed by atoms with Gasteiger partial charge in [0.05, 0.1) is 16.6 Å². The van der Waals surface area contributed by atoms with E-state index in [2.05, 4.69) is 34.5 Å². The van der Waals surface area contributed by atoms with Crippen molar-refractivity contribution in [2.45, 2.75) is 55.8 Å². The van der Waals surface area contributed by atoms with Crippen LogP contribution in [0.2, 0.25) is 0 Å². The number of pyridine rings is 1. The Balaban J connectivity index is 1.17. The zero-order chi connectivity index (χ0) is 30.9. The van der Waals surface area contributed by atoms with Crippen molar-refractivity contribution in [2.75, 3.05) is 50.8 Å². The summed E-state index contributed by atoms with van der Waals surface area (Å²) >= 11 is 0. The molecule has 3 aliphatic heterocycles. The summed E-state index contributed by atoms with van der Waals surface area (Å²) in [6, 6.07) is 10.1. The van der Waals surface area contributed by atoms with Gasteiger partial charge in [-0.25, -0.2) is 20.3 Å². The van der Waals surface area contributed by atoms with Gasteiger partial charge in [0.1, 0.15) is 24.6 Å². The quantitative estimate of drug-likeness (QED) is 0.283. The average Bonchev–Trinajstić information content (AvgIpc) is 3.36. The second-order valence-corrected chi connectivity index (χ2v) is 13.3. The number of rotatable bonds is 7. The van der Waals surface area contributed by atoms with Gasteiger partial charge in [0.15, 0.2) is 11.5 Å². The van der Waals surface area contributed by atoms with Crippen molar-refractivity contribution >= 4 is 22.8 Å². The van der Waals surface area contributed by atoms with Crippen molar-refractivity contribution in [2.24, 2.45) is 5.92 Å². The minimum absolute atomic E-state index is 0.0221. The van der Waals surface area contributed by atoms with Gasteiger partial charge >= 0.3 is 6.01 Å². The summed E-state index contributed by atoms with van der Waals surface area (Å²) in [6.07, 6.45) is 3.79. The van der Waals surface area contributed by atoms with Crippen molar-refractivity contribution < 1.29 is 18.3 Å². The number of halogens is 2. The number of carbonyl (C=O) groups is 1. The fourth-order valence-corrected chi connectivity index (χ4v) is 8.37. The molecule has 3 saturated heterocycles. The van der Waals surface area contributed by atoms with Gasteiger partial charge in [-0.15, -0.1) is 0 Å². The van der Waals surface area contributed by atoms with E-state index in [-0.39, 0.29) is 37.8 Å². The summed E-state index contributed by atoms with van der Waals surface area (Å²) in [4.78, 5) is 36.4. The second kappa shape index (κ2) is 10.7. The lowest BCUT2D eigenvalue weighted by atomic mass is 9.95. The molecular weight excluding hydrogens is 576 g/mol. The van der Waals surface area contributed by atoms with Gasteiger partial charge in [-0.3, -0.25) is 9.69 Å². The van der Waals surface area contributed by atoms with E-state index in [1.54, 1.807) is 0 Å². The number of nitrogens with zero attached hydrogens (tertiary/aromatic N) is 7. The van der Waals surface area contributed by atoms with Crippen LogP contribution >= 0.6 is 0 Å². The molecule has 4 fully saturated rings. The van der Waals surface area contributed by atoms with Crippen LogP contribution in [0.4, 0.5) is 14.6 Å². The van der Waals surface area contributed by atoms with Crippen LogP contribution in [0.25, 0.3) is 27.1 Å². The van der Waals surface area contributed by atoms with E-state index in [1.807, 2.05) is 17.0 Å². The number of aromatic nitrogens is 3. The summed E-state index contributed by atoms with van der Waals surface area (Å²) < 4.78 is 34.6. The predicted octanol–water partition coefficient (Wildman–Crippen LogP) is 4.73. The Hall–Kier alpha value is -4.17. The summed E-state index contributed by atoms with van der Waals surface area (Å²) in [7, 11) is 0. The summed E-state index contributed by atoms with van der Waals surface area (Å²) in [5.74, 6) is 0.111. The van der Waals surface area contributed by atoms with Crippen molar-refractivity contribution in [1.82, 2.24) is 24.8 Å². The van der Waals surface area contributed by atoms with Crippen molar-refractivity contribution in [3.05, 3.63) is 65.3 Å². The number of hydrogen-bond acceptors (Lipinski definition) is 7. The fourth-order valence-electron chi connectivity index (χ4n) is 8.37. The molecule has 1 saturated carbocycles. The third kappa shape index (κ3) is 4.81. The lowest BCUT2D eigenvalue weighted by Crippen LogP contribution is -2.56. The van der Waals surface area contributed by atoms with E-state index in [1.165, 1.54) is 22.4 Å². The first-order valence-electron chi connectivity index (χ1n) is 15.9. The Labute approximate surface area is 260 Å². The first kappa shape index (κ1) is 28.3. The molecule has 5 aliphatic rings. The smallest absolute Gasteiger partial charge is 0.320 e. The zero-order valence-electron chi connectivity index (χ0n) is 25.1. The van der Waals surface area contributed by atoms with Crippen LogP contribution in [0, 0.1) is 12.5 Å². The molecule has 2 aromatic heterocycles. The van der Waals surface area contributed by atoms with Gasteiger partial charge in [-0.05, 0) is 67.3 Å². The summed E-state index contributed by atoms with van der Waals surface area (Å²) in [5.41, 5.74) is 4.92. The van der Waals surface area contributed by atoms with Crippen LogP contribution in [-0.2, 0) is 11.2 Å². The first-order chi connectivity index (χ1) is 21.8. The molecular formula is C34H35F2N7O2. The number of ether oxygens (including phenoxy) is 1. The minimum atomic E-state index is -1.04.